The molecule has 1 aromatic heterocycles. The van der Waals surface area contributed by atoms with Crippen LogP contribution in [0.5, 0.6) is 11.5 Å². The molecule has 4 nitrogen and oxygen atoms in total. The summed E-state index contributed by atoms with van der Waals surface area (Å²) >= 11 is 0. The van der Waals surface area contributed by atoms with Gasteiger partial charge in [0, 0.05) is 23.7 Å². The van der Waals surface area contributed by atoms with Gasteiger partial charge in [-0.15, -0.1) is 12.4 Å². The van der Waals surface area contributed by atoms with Crippen LogP contribution in [0.4, 0.5) is 0 Å². The zero-order valence-corrected chi connectivity index (χ0v) is 19.0. The molecule has 0 bridgehead atoms. The minimum atomic E-state index is 0. The molecule has 0 spiro atoms. The van der Waals surface area contributed by atoms with Crippen molar-refractivity contribution in [2.24, 2.45) is 0 Å². The largest absolute Gasteiger partial charge is 0.497 e. The predicted molar refractivity (Wildman–Crippen MR) is 125 cm³/mol. The Labute approximate surface area is 185 Å². The molecule has 2 heterocycles. The molecule has 162 valence electrons. The summed E-state index contributed by atoms with van der Waals surface area (Å²) in [6.07, 6.45) is 4.98. The van der Waals surface area contributed by atoms with Gasteiger partial charge in [0.25, 0.3) is 0 Å². The highest BCUT2D eigenvalue weighted by Gasteiger charge is 2.37. The fourth-order valence-corrected chi connectivity index (χ4v) is 4.76. The van der Waals surface area contributed by atoms with Crippen LogP contribution >= 0.6 is 12.4 Å². The quantitative estimate of drug-likeness (QED) is 0.406. The lowest BCUT2D eigenvalue weighted by Gasteiger charge is -2.37. The molecule has 0 radical (unpaired) electrons. The maximum absolute atomic E-state index is 6.39. The molecular formula is C25H32ClNO3. The van der Waals surface area contributed by atoms with Crippen LogP contribution in [0.15, 0.2) is 52.9 Å². The first-order valence-corrected chi connectivity index (χ1v) is 10.7. The minimum Gasteiger partial charge on any atom is -0.497 e. The molecule has 0 aliphatic carbocycles. The van der Waals surface area contributed by atoms with E-state index in [1.807, 2.05) is 36.4 Å². The van der Waals surface area contributed by atoms with Gasteiger partial charge in [0.1, 0.15) is 17.9 Å². The monoisotopic (exact) mass is 429 g/mol. The summed E-state index contributed by atoms with van der Waals surface area (Å²) in [5.41, 5.74) is 2.16. The summed E-state index contributed by atoms with van der Waals surface area (Å²) in [6.45, 7) is 7.39. The molecule has 0 atom stereocenters. The second kappa shape index (κ2) is 9.76. The molecule has 1 aliphatic heterocycles. The number of likely N-dealkylation sites (tertiary alicyclic amines) is 1. The summed E-state index contributed by atoms with van der Waals surface area (Å²) in [5.74, 6) is 2.39. The highest BCUT2D eigenvalue weighted by Crippen LogP contribution is 2.41. The summed E-state index contributed by atoms with van der Waals surface area (Å²) in [7, 11) is 1.67. The molecule has 5 heteroatoms. The van der Waals surface area contributed by atoms with Crippen molar-refractivity contribution in [2.45, 2.75) is 45.1 Å². The van der Waals surface area contributed by atoms with E-state index < -0.39 is 0 Å². The minimum absolute atomic E-state index is 0. The lowest BCUT2D eigenvalue weighted by molar-refractivity contribution is 0.106. The van der Waals surface area contributed by atoms with E-state index in [2.05, 4.69) is 30.9 Å². The van der Waals surface area contributed by atoms with Crippen molar-refractivity contribution in [3.05, 3.63) is 48.5 Å². The van der Waals surface area contributed by atoms with Gasteiger partial charge in [0.15, 0.2) is 11.5 Å². The Hall–Kier alpha value is -2.17. The van der Waals surface area contributed by atoms with E-state index in [0.29, 0.717) is 12.1 Å². The van der Waals surface area contributed by atoms with Crippen LogP contribution in [0.1, 0.15) is 39.5 Å². The number of benzene rings is 2. The van der Waals surface area contributed by atoms with Gasteiger partial charge in [0.2, 0.25) is 0 Å². The molecule has 0 N–H and O–H groups in total. The first kappa shape index (κ1) is 22.5. The van der Waals surface area contributed by atoms with Crippen molar-refractivity contribution < 1.29 is 13.9 Å². The number of hydrogen-bond donors (Lipinski definition) is 0. The van der Waals surface area contributed by atoms with E-state index in [4.69, 9.17) is 13.9 Å². The van der Waals surface area contributed by atoms with Gasteiger partial charge in [-0.25, -0.2) is 0 Å². The lowest BCUT2D eigenvalue weighted by Crippen LogP contribution is -2.44. The van der Waals surface area contributed by atoms with Gasteiger partial charge in [-0.3, -0.25) is 4.90 Å². The molecule has 4 rings (SSSR count). The second-order valence-corrected chi connectivity index (χ2v) is 7.86. The molecule has 1 aliphatic rings. The Kier molecular flexibility index (Phi) is 7.32. The van der Waals surface area contributed by atoms with Gasteiger partial charge >= 0.3 is 0 Å². The van der Waals surface area contributed by atoms with Crippen LogP contribution in [-0.2, 0) is 0 Å². The number of hydrogen-bond acceptors (Lipinski definition) is 4. The van der Waals surface area contributed by atoms with Crippen LogP contribution in [-0.4, -0.2) is 37.2 Å². The summed E-state index contributed by atoms with van der Waals surface area (Å²) in [5, 5.41) is 0.989. The first-order valence-electron chi connectivity index (χ1n) is 10.7. The van der Waals surface area contributed by atoms with Crippen molar-refractivity contribution >= 4 is 23.4 Å². The average Bonchev–Trinajstić information content (AvgIpc) is 3.35. The highest BCUT2D eigenvalue weighted by atomic mass is 35.5. The molecular weight excluding hydrogens is 398 g/mol. The van der Waals surface area contributed by atoms with Crippen LogP contribution in [0, 0.1) is 0 Å². The van der Waals surface area contributed by atoms with Gasteiger partial charge in [-0.1, -0.05) is 44.2 Å². The maximum Gasteiger partial charge on any atom is 0.177 e. The molecule has 0 amide bonds. The molecule has 0 unspecified atom stereocenters. The predicted octanol–water partition coefficient (Wildman–Crippen LogP) is 6.56. The number of ether oxygens (including phenoxy) is 2. The normalized spacial score (nSPS) is 15.8. The van der Waals surface area contributed by atoms with Gasteiger partial charge in [-0.2, -0.15) is 0 Å². The van der Waals surface area contributed by atoms with Gasteiger partial charge in [-0.05, 0) is 44.4 Å². The zero-order chi connectivity index (χ0) is 20.3. The highest BCUT2D eigenvalue weighted by molar-refractivity contribution is 5.92. The standard InChI is InChI=1S/C25H31NO3.ClH/c1-4-25(5-2)14-9-15-26(25)16-17-28-24-21-13-12-20(27-3)18-22(21)29-23(24)19-10-7-6-8-11-19;/h6-8,10-13,18H,4-5,9,14-17H2,1-3H3;1H. The van der Waals surface area contributed by atoms with Crippen LogP contribution in [0.2, 0.25) is 0 Å². The third-order valence-corrected chi connectivity index (χ3v) is 6.55. The van der Waals surface area contributed by atoms with Crippen LogP contribution in [0.3, 0.4) is 0 Å². The van der Waals surface area contributed by atoms with Crippen molar-refractivity contribution in [1.82, 2.24) is 4.90 Å². The number of nitrogens with zero attached hydrogens (tertiary/aromatic N) is 1. The van der Waals surface area contributed by atoms with E-state index in [0.717, 1.165) is 40.3 Å². The Morgan fingerprint density at radius 2 is 1.83 bits per heavy atom. The number of methoxy groups -OCH3 is 1. The number of fused-ring (bicyclic) bond motifs is 1. The van der Waals surface area contributed by atoms with Crippen molar-refractivity contribution in [3.63, 3.8) is 0 Å². The summed E-state index contributed by atoms with van der Waals surface area (Å²) < 4.78 is 18.0. The molecule has 0 saturated carbocycles. The van der Waals surface area contributed by atoms with Gasteiger partial charge in [0.05, 0.1) is 12.5 Å². The topological polar surface area (TPSA) is 34.8 Å². The molecule has 1 saturated heterocycles. The molecule has 3 aromatic rings. The molecule has 1 fully saturated rings. The Morgan fingerprint density at radius 3 is 2.53 bits per heavy atom. The van der Waals surface area contributed by atoms with Crippen molar-refractivity contribution in [2.75, 3.05) is 26.8 Å². The Morgan fingerprint density at radius 1 is 1.07 bits per heavy atom. The second-order valence-electron chi connectivity index (χ2n) is 7.86. The maximum atomic E-state index is 6.39. The van der Waals surface area contributed by atoms with E-state index in [9.17, 15) is 0 Å². The van der Waals surface area contributed by atoms with E-state index in [1.165, 1.54) is 32.2 Å². The number of halogens is 1. The third kappa shape index (κ3) is 4.17. The van der Waals surface area contributed by atoms with Gasteiger partial charge < -0.3 is 13.9 Å². The van der Waals surface area contributed by atoms with Crippen molar-refractivity contribution in [1.29, 1.82) is 0 Å². The number of rotatable bonds is 8. The SMILES string of the molecule is CCC1(CC)CCCN1CCOc1c(-c2ccccc2)oc2cc(OC)ccc12.Cl. The van der Waals surface area contributed by atoms with Crippen LogP contribution < -0.4 is 9.47 Å². The Bertz CT molecular complexity index is 950. The van der Waals surface area contributed by atoms with E-state index in [1.54, 1.807) is 7.11 Å². The first-order chi connectivity index (χ1) is 14.2. The third-order valence-electron chi connectivity index (χ3n) is 6.55. The summed E-state index contributed by atoms with van der Waals surface area (Å²) in [6, 6.07) is 16.1. The fraction of sp³-hybridized carbons (Fsp3) is 0.440. The summed E-state index contributed by atoms with van der Waals surface area (Å²) in [4.78, 5) is 2.63. The van der Waals surface area contributed by atoms with E-state index >= 15 is 0 Å². The zero-order valence-electron chi connectivity index (χ0n) is 18.1. The molecule has 2 aromatic carbocycles. The average molecular weight is 430 g/mol. The molecule has 30 heavy (non-hydrogen) atoms. The fourth-order valence-electron chi connectivity index (χ4n) is 4.76. The van der Waals surface area contributed by atoms with Crippen LogP contribution in [0.25, 0.3) is 22.3 Å². The Balaban J connectivity index is 0.00000256. The number of furan rings is 1. The van der Waals surface area contributed by atoms with Crippen molar-refractivity contribution in [3.8, 4) is 22.8 Å². The smallest absolute Gasteiger partial charge is 0.177 e. The lowest BCUT2D eigenvalue weighted by atomic mass is 9.90. The van der Waals surface area contributed by atoms with E-state index in [-0.39, 0.29) is 12.4 Å².